The average molecular weight is 531 g/mol. The van der Waals surface area contributed by atoms with Crippen molar-refractivity contribution in [2.24, 2.45) is 0 Å². The number of allylic oxidation sites excluding steroid dienone is 1. The number of nitrogens with one attached hydrogen (secondary N) is 1. The first kappa shape index (κ1) is 27.9. The zero-order valence-corrected chi connectivity index (χ0v) is 22.3. The molecule has 37 heavy (non-hydrogen) atoms. The Morgan fingerprint density at radius 3 is 2.30 bits per heavy atom. The van der Waals surface area contributed by atoms with Crippen molar-refractivity contribution in [2.45, 2.75) is 24.8 Å². The lowest BCUT2D eigenvalue weighted by Gasteiger charge is -2.12. The Kier molecular flexibility index (Phi) is 8.39. The van der Waals surface area contributed by atoms with Crippen LogP contribution in [-0.4, -0.2) is 74.0 Å². The number of rotatable bonds is 9. The lowest BCUT2D eigenvalue weighted by Crippen LogP contribution is -2.22. The van der Waals surface area contributed by atoms with Crippen LogP contribution in [0.5, 0.6) is 0 Å². The number of hydrogen-bond donors (Lipinski definition) is 2. The van der Waals surface area contributed by atoms with Crippen molar-refractivity contribution in [3.05, 3.63) is 76.8 Å². The van der Waals surface area contributed by atoms with Crippen LogP contribution in [0.4, 0.5) is 9.18 Å². The van der Waals surface area contributed by atoms with Crippen LogP contribution in [-0.2, 0) is 23.0 Å². The van der Waals surface area contributed by atoms with Gasteiger partial charge in [0.1, 0.15) is 5.83 Å². The second kappa shape index (κ2) is 11.1. The van der Waals surface area contributed by atoms with Gasteiger partial charge in [0, 0.05) is 56.9 Å². The second-order valence-electron chi connectivity index (χ2n) is 9.03. The molecule has 0 spiro atoms. The largest absolute Gasteiger partial charge is 0.465 e. The normalized spacial score (nSPS) is 12.2. The summed E-state index contributed by atoms with van der Waals surface area (Å²) in [5, 5.41) is 11.6. The Labute approximate surface area is 215 Å². The van der Waals surface area contributed by atoms with Crippen molar-refractivity contribution in [1.82, 2.24) is 19.1 Å². The van der Waals surface area contributed by atoms with Crippen molar-refractivity contribution < 1.29 is 27.5 Å². The molecule has 0 fully saturated rings. The molecule has 0 aliphatic carbocycles. The number of nitrogens with zero attached hydrogens (tertiary/aromatic N) is 3. The van der Waals surface area contributed by atoms with Gasteiger partial charge in [0.15, 0.2) is 0 Å². The number of halogens is 1. The SMILES string of the molecule is Cc1c(Cc2ccc(S(=O)(=O)N(C)C)cc2)c2cc(C(=O)N(C)C)ccc2n1C/C(F)=C/CNC(=O)O. The zero-order valence-electron chi connectivity index (χ0n) is 21.4. The third kappa shape index (κ3) is 6.17. The van der Waals surface area contributed by atoms with Crippen molar-refractivity contribution in [3.8, 4) is 0 Å². The Morgan fingerprint density at radius 2 is 1.73 bits per heavy atom. The van der Waals surface area contributed by atoms with E-state index in [1.165, 1.54) is 25.1 Å². The van der Waals surface area contributed by atoms with Gasteiger partial charge in [-0.1, -0.05) is 12.1 Å². The van der Waals surface area contributed by atoms with Crippen LogP contribution in [0.1, 0.15) is 27.2 Å². The molecule has 198 valence electrons. The molecular weight excluding hydrogens is 499 g/mol. The molecule has 0 bridgehead atoms. The van der Waals surface area contributed by atoms with Crippen LogP contribution in [0, 0.1) is 6.92 Å². The maximum atomic E-state index is 14.7. The molecular formula is C26H31FN4O5S. The highest BCUT2D eigenvalue weighted by atomic mass is 32.2. The van der Waals surface area contributed by atoms with Crippen LogP contribution in [0.2, 0.25) is 0 Å². The average Bonchev–Trinajstić information content (AvgIpc) is 3.08. The highest BCUT2D eigenvalue weighted by molar-refractivity contribution is 7.89. The van der Waals surface area contributed by atoms with Gasteiger partial charge < -0.3 is 19.9 Å². The second-order valence-corrected chi connectivity index (χ2v) is 11.2. The van der Waals surface area contributed by atoms with E-state index in [0.717, 1.165) is 32.0 Å². The number of carboxylic acid groups (broad SMARTS) is 1. The van der Waals surface area contributed by atoms with Gasteiger partial charge in [0.05, 0.1) is 11.4 Å². The molecule has 0 saturated carbocycles. The van der Waals surface area contributed by atoms with E-state index in [9.17, 15) is 22.4 Å². The highest BCUT2D eigenvalue weighted by Crippen LogP contribution is 2.31. The van der Waals surface area contributed by atoms with E-state index >= 15 is 0 Å². The number of benzene rings is 2. The molecule has 2 amide bonds. The number of fused-ring (bicyclic) bond motifs is 1. The van der Waals surface area contributed by atoms with Gasteiger partial charge in [-0.2, -0.15) is 0 Å². The molecule has 0 unspecified atom stereocenters. The summed E-state index contributed by atoms with van der Waals surface area (Å²) in [5.74, 6) is -0.672. The minimum atomic E-state index is -3.56. The fourth-order valence-corrected chi connectivity index (χ4v) is 4.93. The summed E-state index contributed by atoms with van der Waals surface area (Å²) in [6.07, 6.45) is 0.368. The molecule has 0 aliphatic heterocycles. The number of carbonyl (C=O) groups is 2. The molecule has 3 rings (SSSR count). The van der Waals surface area contributed by atoms with Crippen molar-refractivity contribution in [3.63, 3.8) is 0 Å². The molecule has 9 nitrogen and oxygen atoms in total. The summed E-state index contributed by atoms with van der Waals surface area (Å²) in [5.41, 5.74) is 3.73. The third-order valence-corrected chi connectivity index (χ3v) is 7.91. The number of carbonyl (C=O) groups excluding carboxylic acids is 1. The summed E-state index contributed by atoms with van der Waals surface area (Å²) in [6, 6.07) is 11.8. The fourth-order valence-electron chi connectivity index (χ4n) is 4.03. The topological polar surface area (TPSA) is 112 Å². The fraction of sp³-hybridized carbons (Fsp3) is 0.308. The highest BCUT2D eigenvalue weighted by Gasteiger charge is 2.20. The summed E-state index contributed by atoms with van der Waals surface area (Å²) in [6.45, 7) is 1.59. The Morgan fingerprint density at radius 1 is 1.08 bits per heavy atom. The minimum absolute atomic E-state index is 0.107. The molecule has 2 N–H and O–H groups in total. The van der Waals surface area contributed by atoms with Crippen LogP contribution in [0.25, 0.3) is 10.9 Å². The lowest BCUT2D eigenvalue weighted by molar-refractivity contribution is 0.0827. The Balaban J connectivity index is 2.06. The summed E-state index contributed by atoms with van der Waals surface area (Å²) in [4.78, 5) is 24.9. The van der Waals surface area contributed by atoms with Gasteiger partial charge >= 0.3 is 6.09 Å². The Hall–Kier alpha value is -3.70. The molecule has 11 heteroatoms. The van der Waals surface area contributed by atoms with Crippen LogP contribution in [0.3, 0.4) is 0 Å². The number of aromatic nitrogens is 1. The smallest absolute Gasteiger partial charge is 0.404 e. The number of hydrogen-bond acceptors (Lipinski definition) is 4. The summed E-state index contributed by atoms with van der Waals surface area (Å²) in [7, 11) is 2.72. The summed E-state index contributed by atoms with van der Waals surface area (Å²) < 4.78 is 42.5. The molecule has 0 atom stereocenters. The van der Waals surface area contributed by atoms with E-state index in [1.807, 2.05) is 6.92 Å². The molecule has 1 aromatic heterocycles. The Bertz CT molecular complexity index is 1460. The molecule has 1 heterocycles. The van der Waals surface area contributed by atoms with E-state index in [-0.39, 0.29) is 23.9 Å². The molecule has 0 saturated heterocycles. The molecule has 0 aliphatic rings. The monoisotopic (exact) mass is 530 g/mol. The lowest BCUT2D eigenvalue weighted by atomic mass is 10.0. The predicted molar refractivity (Wildman–Crippen MR) is 140 cm³/mol. The minimum Gasteiger partial charge on any atom is -0.465 e. The number of sulfonamides is 1. The van der Waals surface area contributed by atoms with Crippen LogP contribution >= 0.6 is 0 Å². The van der Waals surface area contributed by atoms with Crippen molar-refractivity contribution in [1.29, 1.82) is 0 Å². The van der Waals surface area contributed by atoms with Gasteiger partial charge in [-0.05, 0) is 60.9 Å². The quantitative estimate of drug-likeness (QED) is 0.439. The zero-order chi connectivity index (χ0) is 27.5. The van der Waals surface area contributed by atoms with Gasteiger partial charge in [-0.3, -0.25) is 4.79 Å². The maximum absolute atomic E-state index is 14.7. The first-order chi connectivity index (χ1) is 17.3. The van der Waals surface area contributed by atoms with Gasteiger partial charge in [0.2, 0.25) is 10.0 Å². The summed E-state index contributed by atoms with van der Waals surface area (Å²) >= 11 is 0. The molecule has 0 radical (unpaired) electrons. The van der Waals surface area contributed by atoms with E-state index < -0.39 is 21.9 Å². The van der Waals surface area contributed by atoms with Crippen LogP contribution in [0.15, 0.2) is 59.3 Å². The van der Waals surface area contributed by atoms with Gasteiger partial charge in [-0.15, -0.1) is 0 Å². The van der Waals surface area contributed by atoms with E-state index in [2.05, 4.69) is 5.32 Å². The van der Waals surface area contributed by atoms with Crippen LogP contribution < -0.4 is 5.32 Å². The van der Waals surface area contributed by atoms with Gasteiger partial charge in [-0.25, -0.2) is 21.9 Å². The van der Waals surface area contributed by atoms with E-state index in [4.69, 9.17) is 5.11 Å². The third-order valence-electron chi connectivity index (χ3n) is 6.08. The maximum Gasteiger partial charge on any atom is 0.404 e. The molecule has 3 aromatic rings. The predicted octanol–water partition coefficient (Wildman–Crippen LogP) is 3.61. The molecule has 2 aromatic carbocycles. The standard InChI is InChI=1S/C26H31FN4O5S/c1-17-22(14-18-6-9-21(10-7-18)37(35,36)30(4)5)23-15-19(25(32)29(2)3)8-11-24(23)31(17)16-20(27)12-13-28-26(33)34/h6-12,15,28H,13-14,16H2,1-5H3,(H,33,34)/b20-12-. The van der Waals surface area contributed by atoms with Crippen molar-refractivity contribution in [2.75, 3.05) is 34.7 Å². The van der Waals surface area contributed by atoms with Crippen molar-refractivity contribution >= 4 is 32.9 Å². The first-order valence-corrected chi connectivity index (χ1v) is 12.9. The van der Waals surface area contributed by atoms with E-state index in [1.54, 1.807) is 61.1 Å². The first-order valence-electron chi connectivity index (χ1n) is 11.5. The number of amides is 2. The van der Waals surface area contributed by atoms with E-state index in [0.29, 0.717) is 12.0 Å². The van der Waals surface area contributed by atoms with Gasteiger partial charge in [0.25, 0.3) is 5.91 Å².